The normalized spacial score (nSPS) is 13.5. The summed E-state index contributed by atoms with van der Waals surface area (Å²) in [5.74, 6) is -1.48. The van der Waals surface area contributed by atoms with Crippen molar-refractivity contribution in [3.8, 4) is 0 Å². The number of nitrogens with zero attached hydrogens (tertiary/aromatic N) is 3. The van der Waals surface area contributed by atoms with E-state index in [1.165, 1.54) is 11.0 Å². The number of hydrogen-bond acceptors (Lipinski definition) is 5. The van der Waals surface area contributed by atoms with Gasteiger partial charge < -0.3 is 5.11 Å². The minimum Gasteiger partial charge on any atom is -0.480 e. The molecule has 17 heavy (non-hydrogen) atoms. The molecule has 1 aromatic heterocycles. The Morgan fingerprint density at radius 1 is 1.59 bits per heavy atom. The maximum atomic E-state index is 11.7. The van der Waals surface area contributed by atoms with E-state index >= 15 is 0 Å². The van der Waals surface area contributed by atoms with Gasteiger partial charge in [-0.15, -0.1) is 0 Å². The van der Waals surface area contributed by atoms with Crippen molar-refractivity contribution in [2.24, 2.45) is 0 Å². The lowest BCUT2D eigenvalue weighted by atomic mass is 10.5. The maximum absolute atomic E-state index is 11.7. The molecule has 1 heterocycles. The highest BCUT2D eigenvalue weighted by molar-refractivity contribution is 7.91. The summed E-state index contributed by atoms with van der Waals surface area (Å²) in [7, 11) is -3.75. The smallest absolute Gasteiger partial charge is 0.321 e. The monoisotopic (exact) mass is 261 g/mol. The Bertz CT molecular complexity index is 494. The molecule has 96 valence electrons. The molecule has 1 rings (SSSR count). The Kier molecular flexibility index (Phi) is 4.22. The van der Waals surface area contributed by atoms with E-state index in [4.69, 9.17) is 5.11 Å². The summed E-state index contributed by atoms with van der Waals surface area (Å²) in [6, 6.07) is 0. The van der Waals surface area contributed by atoms with Crippen LogP contribution in [0.4, 0.5) is 0 Å². The molecule has 0 aromatic carbocycles. The summed E-state index contributed by atoms with van der Waals surface area (Å²) in [5, 5.41) is 11.1. The average molecular weight is 261 g/mol. The quantitative estimate of drug-likeness (QED) is 0.777. The molecule has 7 nitrogen and oxygen atoms in total. The second-order valence-electron chi connectivity index (χ2n) is 3.69. The largest absolute Gasteiger partial charge is 0.480 e. The first-order valence-corrected chi connectivity index (χ1v) is 6.91. The summed E-state index contributed by atoms with van der Waals surface area (Å²) in [5.41, 5.74) is 0. The molecule has 0 amide bonds. The van der Waals surface area contributed by atoms with Crippen LogP contribution in [0.1, 0.15) is 26.1 Å². The second kappa shape index (κ2) is 5.26. The van der Waals surface area contributed by atoms with Crippen molar-refractivity contribution >= 4 is 15.8 Å². The predicted molar refractivity (Wildman–Crippen MR) is 60.0 cm³/mol. The lowest BCUT2D eigenvalue weighted by molar-refractivity contribution is -0.136. The molecule has 0 radical (unpaired) electrons. The van der Waals surface area contributed by atoms with Crippen LogP contribution >= 0.6 is 0 Å². The molecule has 1 unspecified atom stereocenters. The molecule has 0 saturated carbocycles. The third kappa shape index (κ3) is 3.26. The molecule has 0 saturated heterocycles. The number of aliphatic carboxylic acids is 1. The van der Waals surface area contributed by atoms with Crippen molar-refractivity contribution in [1.29, 1.82) is 0 Å². The highest BCUT2D eigenvalue weighted by atomic mass is 32.2. The van der Waals surface area contributed by atoms with Gasteiger partial charge in [-0.05, 0) is 13.3 Å². The molecule has 0 aliphatic carbocycles. The lowest BCUT2D eigenvalue weighted by Crippen LogP contribution is -2.29. The molecule has 0 aliphatic heterocycles. The van der Waals surface area contributed by atoms with Gasteiger partial charge in [0.05, 0.1) is 0 Å². The fraction of sp³-hybridized carbons (Fsp3) is 0.667. The number of sulfone groups is 1. The molecule has 0 aliphatic rings. The van der Waals surface area contributed by atoms with Gasteiger partial charge in [0.15, 0.2) is 15.1 Å². The van der Waals surface area contributed by atoms with E-state index in [1.54, 1.807) is 0 Å². The summed E-state index contributed by atoms with van der Waals surface area (Å²) in [6.45, 7) is 3.64. The van der Waals surface area contributed by atoms with E-state index in [0.29, 0.717) is 6.54 Å². The average Bonchev–Trinajstić information content (AvgIpc) is 2.64. The number of carbonyl (C=O) groups is 1. The van der Waals surface area contributed by atoms with Gasteiger partial charge in [0.1, 0.15) is 17.9 Å². The van der Waals surface area contributed by atoms with Gasteiger partial charge in [-0.1, -0.05) is 6.92 Å². The molecule has 1 atom stereocenters. The molecule has 0 spiro atoms. The number of rotatable bonds is 6. The van der Waals surface area contributed by atoms with Gasteiger partial charge in [0, 0.05) is 6.54 Å². The van der Waals surface area contributed by atoms with Crippen LogP contribution in [0, 0.1) is 0 Å². The van der Waals surface area contributed by atoms with Crippen LogP contribution in [-0.4, -0.2) is 39.5 Å². The summed E-state index contributed by atoms with van der Waals surface area (Å²) >= 11 is 0. The van der Waals surface area contributed by atoms with Gasteiger partial charge in [-0.2, -0.15) is 5.10 Å². The second-order valence-corrected chi connectivity index (χ2v) is 6.01. The third-order valence-corrected chi connectivity index (χ3v) is 4.29. The minimum atomic E-state index is -3.75. The topological polar surface area (TPSA) is 102 Å². The molecule has 8 heteroatoms. The molecule has 0 bridgehead atoms. The number of carboxylic acid groups (broad SMARTS) is 1. The number of carboxylic acids is 1. The van der Waals surface area contributed by atoms with Gasteiger partial charge in [0.25, 0.3) is 0 Å². The van der Waals surface area contributed by atoms with Crippen LogP contribution in [-0.2, 0) is 26.9 Å². The zero-order chi connectivity index (χ0) is 13.1. The molecule has 1 N–H and O–H groups in total. The van der Waals surface area contributed by atoms with E-state index in [0.717, 1.165) is 13.3 Å². The predicted octanol–water partition coefficient (Wildman–Crippen LogP) is 0.0760. The van der Waals surface area contributed by atoms with Crippen molar-refractivity contribution in [3.63, 3.8) is 0 Å². The van der Waals surface area contributed by atoms with E-state index < -0.39 is 26.8 Å². The minimum absolute atomic E-state index is 0.278. The first-order chi connectivity index (χ1) is 7.88. The van der Waals surface area contributed by atoms with Crippen LogP contribution in [0.25, 0.3) is 0 Å². The highest BCUT2D eigenvalue weighted by Crippen LogP contribution is 2.09. The number of aryl methyl sites for hydroxylation is 1. The SMILES string of the molecule is CCCn1ncnc1CS(=O)(=O)C(C)C(=O)O. The van der Waals surface area contributed by atoms with Crippen LogP contribution in [0.2, 0.25) is 0 Å². The summed E-state index contributed by atoms with van der Waals surface area (Å²) < 4.78 is 24.9. The van der Waals surface area contributed by atoms with E-state index in [-0.39, 0.29) is 5.82 Å². The van der Waals surface area contributed by atoms with Crippen LogP contribution in [0.5, 0.6) is 0 Å². The van der Waals surface area contributed by atoms with Gasteiger partial charge >= 0.3 is 5.97 Å². The van der Waals surface area contributed by atoms with E-state index in [2.05, 4.69) is 10.1 Å². The van der Waals surface area contributed by atoms with Crippen molar-refractivity contribution in [2.75, 3.05) is 0 Å². The molecule has 1 aromatic rings. The molecular weight excluding hydrogens is 246 g/mol. The fourth-order valence-electron chi connectivity index (χ4n) is 1.26. The lowest BCUT2D eigenvalue weighted by Gasteiger charge is -2.08. The third-order valence-electron chi connectivity index (χ3n) is 2.35. The van der Waals surface area contributed by atoms with Crippen molar-refractivity contribution in [3.05, 3.63) is 12.2 Å². The number of hydrogen-bond donors (Lipinski definition) is 1. The van der Waals surface area contributed by atoms with Gasteiger partial charge in [-0.3, -0.25) is 4.79 Å². The standard InChI is InChI=1S/C9H15N3O4S/c1-3-4-12-8(10-6-11-12)5-17(15,16)7(2)9(13)14/h6-7H,3-5H2,1-2H3,(H,13,14). The Hall–Kier alpha value is -1.44. The van der Waals surface area contributed by atoms with Gasteiger partial charge in [-0.25, -0.2) is 18.1 Å². The van der Waals surface area contributed by atoms with Crippen molar-refractivity contribution in [1.82, 2.24) is 14.8 Å². The molecule has 0 fully saturated rings. The van der Waals surface area contributed by atoms with E-state index in [9.17, 15) is 13.2 Å². The zero-order valence-electron chi connectivity index (χ0n) is 9.70. The maximum Gasteiger partial charge on any atom is 0.321 e. The first kappa shape index (κ1) is 13.6. The van der Waals surface area contributed by atoms with Crippen LogP contribution in [0.15, 0.2) is 6.33 Å². The molecular formula is C9H15N3O4S. The summed E-state index contributed by atoms with van der Waals surface area (Å²) in [4.78, 5) is 14.5. The Morgan fingerprint density at radius 2 is 2.24 bits per heavy atom. The van der Waals surface area contributed by atoms with Crippen LogP contribution < -0.4 is 0 Å². The Balaban J connectivity index is 2.90. The summed E-state index contributed by atoms with van der Waals surface area (Å²) in [6.07, 6.45) is 2.07. The van der Waals surface area contributed by atoms with Crippen molar-refractivity contribution in [2.45, 2.75) is 37.8 Å². The van der Waals surface area contributed by atoms with E-state index in [1.807, 2.05) is 6.92 Å². The van der Waals surface area contributed by atoms with Crippen molar-refractivity contribution < 1.29 is 18.3 Å². The highest BCUT2D eigenvalue weighted by Gasteiger charge is 2.29. The first-order valence-electron chi connectivity index (χ1n) is 5.19. The Labute approximate surface area is 99.4 Å². The number of aromatic nitrogens is 3. The fourth-order valence-corrected chi connectivity index (χ4v) is 2.40. The Morgan fingerprint density at radius 3 is 2.76 bits per heavy atom. The van der Waals surface area contributed by atoms with Crippen LogP contribution in [0.3, 0.4) is 0 Å². The zero-order valence-corrected chi connectivity index (χ0v) is 10.5. The van der Waals surface area contributed by atoms with Gasteiger partial charge in [0.2, 0.25) is 0 Å².